The van der Waals surface area contributed by atoms with Gasteiger partial charge in [-0.2, -0.15) is 10.2 Å². The summed E-state index contributed by atoms with van der Waals surface area (Å²) in [6.45, 7) is 5.44. The molecule has 1 aromatic carbocycles. The highest BCUT2D eigenvalue weighted by Gasteiger charge is 2.17. The first-order valence-electron chi connectivity index (χ1n) is 8.91. The van der Waals surface area contributed by atoms with Crippen molar-refractivity contribution < 1.29 is 13.9 Å². The van der Waals surface area contributed by atoms with E-state index in [1.807, 2.05) is 0 Å². The Morgan fingerprint density at radius 3 is 2.77 bits per heavy atom. The molecule has 2 aromatic heterocycles. The summed E-state index contributed by atoms with van der Waals surface area (Å²) in [6.07, 6.45) is 4.12. The molecular formula is C22H17FN4O3. The highest BCUT2D eigenvalue weighted by Crippen LogP contribution is 2.25. The molecule has 150 valence electrons. The fourth-order valence-electron chi connectivity index (χ4n) is 2.66. The maximum atomic E-state index is 13.2. The predicted molar refractivity (Wildman–Crippen MR) is 109 cm³/mol. The van der Waals surface area contributed by atoms with Crippen LogP contribution in [0.5, 0.6) is 11.6 Å². The van der Waals surface area contributed by atoms with Crippen LogP contribution in [0, 0.1) is 24.1 Å². The number of aryl methyl sites for hydroxylation is 1. The van der Waals surface area contributed by atoms with E-state index in [4.69, 9.17) is 4.74 Å². The van der Waals surface area contributed by atoms with Crippen molar-refractivity contribution in [2.45, 2.75) is 6.92 Å². The van der Waals surface area contributed by atoms with E-state index in [0.717, 1.165) is 11.6 Å². The molecule has 7 nitrogen and oxygen atoms in total. The van der Waals surface area contributed by atoms with E-state index in [-0.39, 0.29) is 29.3 Å². The van der Waals surface area contributed by atoms with Gasteiger partial charge < -0.3 is 10.1 Å². The number of carbonyl (C=O) groups is 1. The molecule has 0 saturated heterocycles. The second-order valence-electron chi connectivity index (χ2n) is 6.25. The van der Waals surface area contributed by atoms with Crippen molar-refractivity contribution >= 4 is 17.6 Å². The molecule has 3 aromatic rings. The van der Waals surface area contributed by atoms with Crippen molar-refractivity contribution in [1.82, 2.24) is 14.7 Å². The molecule has 1 N–H and O–H groups in total. The van der Waals surface area contributed by atoms with E-state index < -0.39 is 17.3 Å². The molecular weight excluding hydrogens is 387 g/mol. The standard InChI is InChI=1S/C22H17FN4O3/c1-3-10-25-20(28)15(13-24)12-18-21(30-17-8-6-16(23)7-9-17)26-19-14(2)5-4-11-27(19)22(18)29/h3-9,11-12H,1,10H2,2H3,(H,25,28)/b15-12+. The van der Waals surface area contributed by atoms with Gasteiger partial charge in [-0.15, -0.1) is 6.58 Å². The van der Waals surface area contributed by atoms with Crippen molar-refractivity contribution in [3.05, 3.63) is 88.1 Å². The Labute approximate surface area is 171 Å². The zero-order valence-electron chi connectivity index (χ0n) is 16.1. The third-order valence-corrected chi connectivity index (χ3v) is 4.14. The topological polar surface area (TPSA) is 96.5 Å². The first-order chi connectivity index (χ1) is 14.4. The summed E-state index contributed by atoms with van der Waals surface area (Å²) in [5.41, 5.74) is 0.162. The van der Waals surface area contributed by atoms with E-state index in [0.29, 0.717) is 5.65 Å². The molecule has 1 amide bonds. The Balaban J connectivity index is 2.21. The Kier molecular flexibility index (Phi) is 6.03. The van der Waals surface area contributed by atoms with Crippen molar-refractivity contribution in [3.8, 4) is 17.7 Å². The second-order valence-corrected chi connectivity index (χ2v) is 6.25. The summed E-state index contributed by atoms with van der Waals surface area (Å²) in [4.78, 5) is 29.7. The molecule has 0 fully saturated rings. The van der Waals surface area contributed by atoms with E-state index in [1.54, 1.807) is 25.1 Å². The summed E-state index contributed by atoms with van der Waals surface area (Å²) in [7, 11) is 0. The van der Waals surface area contributed by atoms with Gasteiger partial charge in [-0.05, 0) is 48.9 Å². The summed E-state index contributed by atoms with van der Waals surface area (Å²) in [6, 6.07) is 10.4. The van der Waals surface area contributed by atoms with Gasteiger partial charge >= 0.3 is 0 Å². The van der Waals surface area contributed by atoms with Gasteiger partial charge in [-0.25, -0.2) is 4.39 Å². The number of carbonyl (C=O) groups excluding carboxylic acids is 1. The fourth-order valence-corrected chi connectivity index (χ4v) is 2.66. The van der Waals surface area contributed by atoms with Crippen LogP contribution < -0.4 is 15.6 Å². The van der Waals surface area contributed by atoms with Crippen LogP contribution >= 0.6 is 0 Å². The normalized spacial score (nSPS) is 11.0. The fraction of sp³-hybridized carbons (Fsp3) is 0.0909. The minimum atomic E-state index is -0.668. The number of amides is 1. The van der Waals surface area contributed by atoms with Gasteiger partial charge in [0.2, 0.25) is 5.88 Å². The molecule has 0 aliphatic rings. The first-order valence-corrected chi connectivity index (χ1v) is 8.91. The number of aromatic nitrogens is 2. The summed E-state index contributed by atoms with van der Waals surface area (Å²) >= 11 is 0. The molecule has 0 aliphatic carbocycles. The average molecular weight is 404 g/mol. The third-order valence-electron chi connectivity index (χ3n) is 4.14. The molecule has 2 heterocycles. The molecule has 0 spiro atoms. The van der Waals surface area contributed by atoms with E-state index in [2.05, 4.69) is 16.9 Å². The van der Waals surface area contributed by atoms with Gasteiger partial charge in [0.25, 0.3) is 11.5 Å². The number of hydrogen-bond donors (Lipinski definition) is 1. The van der Waals surface area contributed by atoms with Crippen LogP contribution in [0.15, 0.2) is 65.6 Å². The van der Waals surface area contributed by atoms with Crippen LogP contribution in [0.1, 0.15) is 11.1 Å². The number of nitrogens with zero attached hydrogens (tertiary/aromatic N) is 3. The number of nitrogens with one attached hydrogen (secondary N) is 1. The maximum Gasteiger partial charge on any atom is 0.269 e. The predicted octanol–water partition coefficient (Wildman–Crippen LogP) is 3.14. The Hall–Kier alpha value is -4.25. The Bertz CT molecular complexity index is 1250. The number of hydrogen-bond acceptors (Lipinski definition) is 5. The smallest absolute Gasteiger partial charge is 0.269 e. The minimum Gasteiger partial charge on any atom is -0.438 e. The lowest BCUT2D eigenvalue weighted by molar-refractivity contribution is -0.116. The summed E-state index contributed by atoms with van der Waals surface area (Å²) in [5.74, 6) is -0.981. The third kappa shape index (κ3) is 4.25. The van der Waals surface area contributed by atoms with Crippen molar-refractivity contribution in [3.63, 3.8) is 0 Å². The van der Waals surface area contributed by atoms with Gasteiger partial charge in [0.1, 0.15) is 34.4 Å². The monoisotopic (exact) mass is 404 g/mol. The van der Waals surface area contributed by atoms with Gasteiger partial charge in [-0.1, -0.05) is 12.1 Å². The molecule has 0 unspecified atom stereocenters. The van der Waals surface area contributed by atoms with Gasteiger partial charge in [0.15, 0.2) is 0 Å². The number of rotatable bonds is 6. The number of ether oxygens (including phenoxy) is 1. The number of benzene rings is 1. The quantitative estimate of drug-likeness (QED) is 0.387. The van der Waals surface area contributed by atoms with Crippen LogP contribution in [0.2, 0.25) is 0 Å². The lowest BCUT2D eigenvalue weighted by Crippen LogP contribution is -2.25. The largest absolute Gasteiger partial charge is 0.438 e. The number of nitriles is 1. The van der Waals surface area contributed by atoms with E-state index >= 15 is 0 Å². The van der Waals surface area contributed by atoms with Crippen LogP contribution in [0.3, 0.4) is 0 Å². The van der Waals surface area contributed by atoms with Crippen LogP contribution in [-0.2, 0) is 4.79 Å². The second kappa shape index (κ2) is 8.84. The summed E-state index contributed by atoms with van der Waals surface area (Å²) < 4.78 is 20.2. The van der Waals surface area contributed by atoms with Crippen LogP contribution in [-0.4, -0.2) is 21.8 Å². The molecule has 8 heteroatoms. The van der Waals surface area contributed by atoms with Gasteiger partial charge in [0.05, 0.1) is 0 Å². The zero-order valence-corrected chi connectivity index (χ0v) is 16.1. The first kappa shape index (κ1) is 20.5. The average Bonchev–Trinajstić information content (AvgIpc) is 2.74. The van der Waals surface area contributed by atoms with Crippen LogP contribution in [0.25, 0.3) is 11.7 Å². The lowest BCUT2D eigenvalue weighted by atomic mass is 10.1. The SMILES string of the molecule is C=CCNC(=O)/C(C#N)=C/c1c(Oc2ccc(F)cc2)nc2c(C)cccn2c1=O. The Morgan fingerprint density at radius 2 is 2.10 bits per heavy atom. The molecule has 0 saturated carbocycles. The number of halogens is 1. The summed E-state index contributed by atoms with van der Waals surface area (Å²) in [5, 5.41) is 11.9. The molecule has 30 heavy (non-hydrogen) atoms. The molecule has 0 radical (unpaired) electrons. The molecule has 3 rings (SSSR count). The van der Waals surface area contributed by atoms with Crippen molar-refractivity contribution in [2.75, 3.05) is 6.54 Å². The minimum absolute atomic E-state index is 0.0901. The number of pyridine rings is 1. The molecule has 0 bridgehead atoms. The van der Waals surface area contributed by atoms with E-state index in [9.17, 15) is 19.2 Å². The highest BCUT2D eigenvalue weighted by atomic mass is 19.1. The molecule has 0 aliphatic heterocycles. The van der Waals surface area contributed by atoms with Crippen LogP contribution in [0.4, 0.5) is 4.39 Å². The maximum absolute atomic E-state index is 13.2. The lowest BCUT2D eigenvalue weighted by Gasteiger charge is -2.11. The van der Waals surface area contributed by atoms with Gasteiger partial charge in [0, 0.05) is 12.7 Å². The highest BCUT2D eigenvalue weighted by molar-refractivity contribution is 6.02. The van der Waals surface area contributed by atoms with Crippen molar-refractivity contribution in [1.29, 1.82) is 5.26 Å². The molecule has 0 atom stereocenters. The van der Waals surface area contributed by atoms with E-state index in [1.165, 1.54) is 40.9 Å². The van der Waals surface area contributed by atoms with Crippen molar-refractivity contribution in [2.24, 2.45) is 0 Å². The number of fused-ring (bicyclic) bond motifs is 1. The van der Waals surface area contributed by atoms with Gasteiger partial charge in [-0.3, -0.25) is 14.0 Å². The Morgan fingerprint density at radius 1 is 1.37 bits per heavy atom. The zero-order chi connectivity index (χ0) is 21.7.